The van der Waals surface area contributed by atoms with Crippen LogP contribution in [0.25, 0.3) is 0 Å². The summed E-state index contributed by atoms with van der Waals surface area (Å²) in [5.74, 6) is 7.38. The molecule has 0 spiro atoms. The molecule has 130 valence electrons. The summed E-state index contributed by atoms with van der Waals surface area (Å²) in [5.41, 5.74) is 2.99. The summed E-state index contributed by atoms with van der Waals surface area (Å²) in [5, 5.41) is 8.81. The first-order chi connectivity index (χ1) is 12.1. The molecule has 0 fully saturated rings. The average molecular weight is 336 g/mol. The molecule has 1 atom stereocenters. The Labute approximate surface area is 149 Å². The van der Waals surface area contributed by atoms with Crippen LogP contribution in [-0.2, 0) is 4.79 Å². The highest BCUT2D eigenvalue weighted by molar-refractivity contribution is 5.79. The van der Waals surface area contributed by atoms with Gasteiger partial charge in [-0.1, -0.05) is 30.9 Å². The van der Waals surface area contributed by atoms with Crippen molar-refractivity contribution in [3.63, 3.8) is 0 Å². The molecule has 0 amide bonds. The zero-order chi connectivity index (χ0) is 18.1. The van der Waals surface area contributed by atoms with Crippen molar-refractivity contribution in [2.45, 2.75) is 32.6 Å². The van der Waals surface area contributed by atoms with Gasteiger partial charge in [0.1, 0.15) is 11.5 Å². The predicted molar refractivity (Wildman–Crippen MR) is 99.8 cm³/mol. The quantitative estimate of drug-likeness (QED) is 0.779. The van der Waals surface area contributed by atoms with E-state index in [1.54, 1.807) is 0 Å². The Morgan fingerprint density at radius 1 is 1.04 bits per heavy atom. The Bertz CT molecular complexity index is 734. The number of hydrogen-bond donors (Lipinski definition) is 1. The minimum atomic E-state index is -0.0777. The van der Waals surface area contributed by atoms with E-state index in [1.165, 1.54) is 0 Å². The number of aliphatic hydroxyl groups excluding tert-OH is 1. The highest BCUT2D eigenvalue weighted by Gasteiger charge is 2.10. The molecule has 0 heterocycles. The van der Waals surface area contributed by atoms with E-state index < -0.39 is 0 Å². The highest BCUT2D eigenvalue weighted by Crippen LogP contribution is 2.20. The van der Waals surface area contributed by atoms with Gasteiger partial charge in [-0.25, -0.2) is 0 Å². The molecule has 2 aromatic rings. The van der Waals surface area contributed by atoms with Crippen LogP contribution in [0.15, 0.2) is 48.5 Å². The maximum Gasteiger partial charge on any atom is 0.135 e. The molecule has 0 aliphatic carbocycles. The SMILES string of the molecule is CCOc1ccc(C#Cc2ccc(C(C)CC(=O)CCO)cc2)cc1. The van der Waals surface area contributed by atoms with Crippen molar-refractivity contribution < 1.29 is 14.6 Å². The lowest BCUT2D eigenvalue weighted by molar-refractivity contribution is -0.120. The van der Waals surface area contributed by atoms with Gasteiger partial charge in [0, 0.05) is 30.6 Å². The van der Waals surface area contributed by atoms with Crippen molar-refractivity contribution in [1.82, 2.24) is 0 Å². The molecule has 3 nitrogen and oxygen atoms in total. The van der Waals surface area contributed by atoms with Gasteiger partial charge in [-0.15, -0.1) is 0 Å². The molecule has 0 aliphatic heterocycles. The molecule has 0 saturated heterocycles. The van der Waals surface area contributed by atoms with E-state index in [0.717, 1.165) is 22.4 Å². The van der Waals surface area contributed by atoms with Crippen molar-refractivity contribution in [1.29, 1.82) is 0 Å². The van der Waals surface area contributed by atoms with Crippen LogP contribution in [0.4, 0.5) is 0 Å². The second-order valence-corrected chi connectivity index (χ2v) is 5.95. The number of carbonyl (C=O) groups excluding carboxylic acids is 1. The maximum absolute atomic E-state index is 11.6. The molecular weight excluding hydrogens is 312 g/mol. The number of aliphatic hydroxyl groups is 1. The van der Waals surface area contributed by atoms with E-state index in [-0.39, 0.29) is 24.7 Å². The van der Waals surface area contributed by atoms with E-state index in [0.29, 0.717) is 13.0 Å². The summed E-state index contributed by atoms with van der Waals surface area (Å²) in [7, 11) is 0. The lowest BCUT2D eigenvalue weighted by Gasteiger charge is -2.10. The Hall–Kier alpha value is -2.57. The summed E-state index contributed by atoms with van der Waals surface area (Å²) in [6.07, 6.45) is 0.688. The summed E-state index contributed by atoms with van der Waals surface area (Å²) in [6, 6.07) is 15.7. The highest BCUT2D eigenvalue weighted by atomic mass is 16.5. The largest absolute Gasteiger partial charge is 0.494 e. The molecule has 2 rings (SSSR count). The van der Waals surface area contributed by atoms with Crippen LogP contribution < -0.4 is 4.74 Å². The van der Waals surface area contributed by atoms with Crippen molar-refractivity contribution in [3.05, 3.63) is 65.2 Å². The van der Waals surface area contributed by atoms with Gasteiger partial charge in [0.05, 0.1) is 6.61 Å². The monoisotopic (exact) mass is 336 g/mol. The standard InChI is InChI=1S/C22H24O3/c1-3-25-22-12-8-19(9-13-22)5-4-18-6-10-20(11-7-18)17(2)16-21(24)14-15-23/h6-13,17,23H,3,14-16H2,1-2H3. The van der Waals surface area contributed by atoms with Gasteiger partial charge in [0.25, 0.3) is 0 Å². The van der Waals surface area contributed by atoms with Gasteiger partial charge in [0.2, 0.25) is 0 Å². The van der Waals surface area contributed by atoms with Crippen molar-refractivity contribution >= 4 is 5.78 Å². The van der Waals surface area contributed by atoms with Crippen LogP contribution in [-0.4, -0.2) is 24.1 Å². The molecule has 2 aromatic carbocycles. The Morgan fingerprint density at radius 3 is 2.12 bits per heavy atom. The number of Topliss-reactive ketones (excluding diaryl/α,β-unsaturated/α-hetero) is 1. The summed E-state index contributed by atoms with van der Waals surface area (Å²) < 4.78 is 5.42. The molecule has 0 saturated carbocycles. The second-order valence-electron chi connectivity index (χ2n) is 5.95. The number of rotatable bonds is 7. The van der Waals surface area contributed by atoms with Gasteiger partial charge in [-0.05, 0) is 54.8 Å². The smallest absolute Gasteiger partial charge is 0.135 e. The maximum atomic E-state index is 11.6. The van der Waals surface area contributed by atoms with Crippen LogP contribution >= 0.6 is 0 Å². The van der Waals surface area contributed by atoms with E-state index in [4.69, 9.17) is 9.84 Å². The van der Waals surface area contributed by atoms with Gasteiger partial charge < -0.3 is 9.84 Å². The lowest BCUT2D eigenvalue weighted by atomic mass is 9.94. The number of benzene rings is 2. The van der Waals surface area contributed by atoms with Crippen LogP contribution in [0.2, 0.25) is 0 Å². The first-order valence-corrected chi connectivity index (χ1v) is 8.59. The predicted octanol–water partition coefficient (Wildman–Crippen LogP) is 3.93. The Morgan fingerprint density at radius 2 is 1.60 bits per heavy atom. The summed E-state index contributed by atoms with van der Waals surface area (Å²) >= 11 is 0. The van der Waals surface area contributed by atoms with Gasteiger partial charge in [-0.3, -0.25) is 4.79 Å². The first-order valence-electron chi connectivity index (χ1n) is 8.59. The molecule has 25 heavy (non-hydrogen) atoms. The third-order valence-electron chi connectivity index (χ3n) is 3.92. The van der Waals surface area contributed by atoms with Gasteiger partial charge in [-0.2, -0.15) is 0 Å². The normalized spacial score (nSPS) is 11.3. The fourth-order valence-electron chi connectivity index (χ4n) is 2.53. The van der Waals surface area contributed by atoms with Crippen LogP contribution in [0.1, 0.15) is 49.3 Å². The molecule has 1 N–H and O–H groups in total. The molecule has 3 heteroatoms. The van der Waals surface area contributed by atoms with Crippen LogP contribution in [0.3, 0.4) is 0 Å². The Balaban J connectivity index is 1.99. The van der Waals surface area contributed by atoms with E-state index in [1.807, 2.05) is 62.4 Å². The molecule has 0 radical (unpaired) electrons. The number of carbonyl (C=O) groups is 1. The minimum absolute atomic E-state index is 0.0777. The molecule has 0 aromatic heterocycles. The molecule has 1 unspecified atom stereocenters. The zero-order valence-electron chi connectivity index (χ0n) is 14.8. The molecule has 0 bridgehead atoms. The van der Waals surface area contributed by atoms with Gasteiger partial charge >= 0.3 is 0 Å². The first kappa shape index (κ1) is 18.8. The van der Waals surface area contributed by atoms with Crippen molar-refractivity contribution in [3.8, 4) is 17.6 Å². The van der Waals surface area contributed by atoms with E-state index in [9.17, 15) is 4.79 Å². The fraction of sp³-hybridized carbons (Fsp3) is 0.318. The number of ether oxygens (including phenoxy) is 1. The third-order valence-corrected chi connectivity index (χ3v) is 3.92. The van der Waals surface area contributed by atoms with Crippen LogP contribution in [0.5, 0.6) is 5.75 Å². The van der Waals surface area contributed by atoms with Crippen molar-refractivity contribution in [2.24, 2.45) is 0 Å². The molecular formula is C22H24O3. The topological polar surface area (TPSA) is 46.5 Å². The Kier molecular flexibility index (Phi) is 7.25. The number of ketones is 1. The van der Waals surface area contributed by atoms with Crippen molar-refractivity contribution in [2.75, 3.05) is 13.2 Å². The lowest BCUT2D eigenvalue weighted by Crippen LogP contribution is -2.06. The van der Waals surface area contributed by atoms with Gasteiger partial charge in [0.15, 0.2) is 0 Å². The van der Waals surface area contributed by atoms with Crippen LogP contribution in [0, 0.1) is 11.8 Å². The fourth-order valence-corrected chi connectivity index (χ4v) is 2.53. The second kappa shape index (κ2) is 9.66. The average Bonchev–Trinajstić information content (AvgIpc) is 2.62. The zero-order valence-corrected chi connectivity index (χ0v) is 14.8. The minimum Gasteiger partial charge on any atom is -0.494 e. The third kappa shape index (κ3) is 6.10. The summed E-state index contributed by atoms with van der Waals surface area (Å²) in [6.45, 7) is 4.56. The summed E-state index contributed by atoms with van der Waals surface area (Å²) in [4.78, 5) is 11.6. The van der Waals surface area contributed by atoms with E-state index in [2.05, 4.69) is 11.8 Å². The molecule has 0 aliphatic rings. The number of hydrogen-bond acceptors (Lipinski definition) is 3. The van der Waals surface area contributed by atoms with E-state index >= 15 is 0 Å².